The van der Waals surface area contributed by atoms with E-state index in [9.17, 15) is 0 Å². The second-order valence-corrected chi connectivity index (χ2v) is 6.13. The number of likely N-dealkylation sites (tertiary alicyclic amines) is 1. The minimum atomic E-state index is 0.583. The topological polar surface area (TPSA) is 20.5 Å². The van der Waals surface area contributed by atoms with Crippen molar-refractivity contribution in [3.8, 4) is 0 Å². The summed E-state index contributed by atoms with van der Waals surface area (Å²) in [5, 5.41) is 0. The molecule has 3 heterocycles. The Morgan fingerprint density at radius 1 is 1.39 bits per heavy atom. The Morgan fingerprint density at radius 3 is 2.89 bits per heavy atom. The van der Waals surface area contributed by atoms with Crippen molar-refractivity contribution < 1.29 is 0 Å². The SMILES string of the molecule is CC(C)N1CCC(c2cn3c(Br)cccc3n2)C1. The zero-order valence-corrected chi connectivity index (χ0v) is 12.4. The van der Waals surface area contributed by atoms with Crippen molar-refractivity contribution in [2.45, 2.75) is 32.2 Å². The Hall–Kier alpha value is -0.870. The van der Waals surface area contributed by atoms with E-state index < -0.39 is 0 Å². The van der Waals surface area contributed by atoms with Crippen molar-refractivity contribution in [1.82, 2.24) is 14.3 Å². The van der Waals surface area contributed by atoms with Gasteiger partial charge < -0.3 is 4.90 Å². The zero-order valence-electron chi connectivity index (χ0n) is 10.8. The molecule has 18 heavy (non-hydrogen) atoms. The number of nitrogens with zero attached hydrogens (tertiary/aromatic N) is 3. The van der Waals surface area contributed by atoms with Gasteiger partial charge in [-0.3, -0.25) is 4.40 Å². The van der Waals surface area contributed by atoms with Crippen LogP contribution >= 0.6 is 15.9 Å². The van der Waals surface area contributed by atoms with Crippen LogP contribution in [-0.4, -0.2) is 33.4 Å². The van der Waals surface area contributed by atoms with Gasteiger partial charge in [0.2, 0.25) is 0 Å². The first-order valence-corrected chi connectivity index (χ1v) is 7.32. The Bertz CT molecular complexity index is 561. The fraction of sp³-hybridized carbons (Fsp3) is 0.500. The van der Waals surface area contributed by atoms with Crippen LogP contribution in [0.15, 0.2) is 29.0 Å². The summed E-state index contributed by atoms with van der Waals surface area (Å²) >= 11 is 3.57. The van der Waals surface area contributed by atoms with Crippen LogP contribution in [0.5, 0.6) is 0 Å². The molecule has 0 bridgehead atoms. The number of hydrogen-bond donors (Lipinski definition) is 0. The van der Waals surface area contributed by atoms with E-state index in [2.05, 4.69) is 51.3 Å². The molecule has 1 saturated heterocycles. The van der Waals surface area contributed by atoms with Gasteiger partial charge in [-0.2, -0.15) is 0 Å². The number of halogens is 1. The lowest BCUT2D eigenvalue weighted by Gasteiger charge is -2.19. The molecule has 0 saturated carbocycles. The van der Waals surface area contributed by atoms with Gasteiger partial charge in [-0.25, -0.2) is 4.98 Å². The molecule has 96 valence electrons. The van der Waals surface area contributed by atoms with Gasteiger partial charge in [-0.1, -0.05) is 6.07 Å². The minimum absolute atomic E-state index is 0.583. The molecule has 0 amide bonds. The van der Waals surface area contributed by atoms with E-state index in [1.807, 2.05) is 12.1 Å². The number of hydrogen-bond acceptors (Lipinski definition) is 2. The third-order valence-electron chi connectivity index (χ3n) is 3.83. The highest BCUT2D eigenvalue weighted by molar-refractivity contribution is 9.10. The van der Waals surface area contributed by atoms with Crippen LogP contribution in [0.4, 0.5) is 0 Å². The number of imidazole rings is 1. The molecule has 0 aromatic carbocycles. The summed E-state index contributed by atoms with van der Waals surface area (Å²) in [7, 11) is 0. The molecule has 4 heteroatoms. The van der Waals surface area contributed by atoms with Crippen LogP contribution in [-0.2, 0) is 0 Å². The predicted octanol–water partition coefficient (Wildman–Crippen LogP) is 3.29. The van der Waals surface area contributed by atoms with Crippen LogP contribution in [0.3, 0.4) is 0 Å². The number of pyridine rings is 1. The van der Waals surface area contributed by atoms with Crippen LogP contribution in [0, 0.1) is 0 Å². The molecule has 1 aliphatic heterocycles. The van der Waals surface area contributed by atoms with Crippen molar-refractivity contribution in [1.29, 1.82) is 0 Å². The van der Waals surface area contributed by atoms with Gasteiger partial charge in [-0.15, -0.1) is 0 Å². The van der Waals surface area contributed by atoms with Gasteiger partial charge in [0.25, 0.3) is 0 Å². The van der Waals surface area contributed by atoms with E-state index in [0.29, 0.717) is 12.0 Å². The lowest BCUT2D eigenvalue weighted by molar-refractivity contribution is 0.272. The molecule has 0 aliphatic carbocycles. The molecule has 0 radical (unpaired) electrons. The maximum Gasteiger partial charge on any atom is 0.137 e. The second-order valence-electron chi connectivity index (χ2n) is 5.32. The first kappa shape index (κ1) is 12.2. The lowest BCUT2D eigenvalue weighted by atomic mass is 10.1. The Morgan fingerprint density at radius 2 is 2.22 bits per heavy atom. The highest BCUT2D eigenvalue weighted by Gasteiger charge is 2.27. The van der Waals surface area contributed by atoms with E-state index in [-0.39, 0.29) is 0 Å². The monoisotopic (exact) mass is 307 g/mol. The number of rotatable bonds is 2. The van der Waals surface area contributed by atoms with E-state index in [1.165, 1.54) is 18.7 Å². The molecule has 2 aromatic rings. The van der Waals surface area contributed by atoms with Crippen LogP contribution in [0.25, 0.3) is 5.65 Å². The molecule has 1 fully saturated rings. The Kier molecular flexibility index (Phi) is 3.16. The summed E-state index contributed by atoms with van der Waals surface area (Å²) < 4.78 is 3.19. The molecule has 0 spiro atoms. The van der Waals surface area contributed by atoms with Crippen LogP contribution in [0.2, 0.25) is 0 Å². The third-order valence-corrected chi connectivity index (χ3v) is 4.48. The first-order valence-electron chi connectivity index (χ1n) is 6.52. The van der Waals surface area contributed by atoms with Gasteiger partial charge in [0, 0.05) is 24.7 Å². The lowest BCUT2D eigenvalue weighted by Crippen LogP contribution is -2.27. The summed E-state index contributed by atoms with van der Waals surface area (Å²) in [5.74, 6) is 0.583. The Labute approximate surface area is 116 Å². The summed E-state index contributed by atoms with van der Waals surface area (Å²) in [4.78, 5) is 7.29. The van der Waals surface area contributed by atoms with E-state index in [0.717, 1.165) is 16.8 Å². The normalized spacial score (nSPS) is 21.2. The third kappa shape index (κ3) is 2.08. The minimum Gasteiger partial charge on any atom is -0.300 e. The summed E-state index contributed by atoms with van der Waals surface area (Å²) in [6, 6.07) is 6.78. The fourth-order valence-corrected chi connectivity index (χ4v) is 3.13. The van der Waals surface area contributed by atoms with Crippen molar-refractivity contribution in [2.24, 2.45) is 0 Å². The molecule has 3 nitrogen and oxygen atoms in total. The maximum absolute atomic E-state index is 4.76. The molecule has 3 rings (SSSR count). The molecule has 1 unspecified atom stereocenters. The first-order chi connectivity index (χ1) is 8.65. The number of aromatic nitrogens is 2. The molecule has 0 N–H and O–H groups in total. The Balaban J connectivity index is 1.89. The molecular weight excluding hydrogens is 290 g/mol. The molecule has 1 atom stereocenters. The summed E-state index contributed by atoms with van der Waals surface area (Å²) in [6.07, 6.45) is 3.40. The standard InChI is InChI=1S/C14H18BrN3/c1-10(2)17-7-6-11(8-17)12-9-18-13(15)4-3-5-14(18)16-12/h3-5,9-11H,6-8H2,1-2H3. The average Bonchev–Trinajstić information content (AvgIpc) is 2.95. The van der Waals surface area contributed by atoms with Crippen molar-refractivity contribution in [3.63, 3.8) is 0 Å². The second kappa shape index (κ2) is 4.67. The smallest absolute Gasteiger partial charge is 0.137 e. The van der Waals surface area contributed by atoms with E-state index in [4.69, 9.17) is 4.98 Å². The largest absolute Gasteiger partial charge is 0.300 e. The highest BCUT2D eigenvalue weighted by Crippen LogP contribution is 2.28. The van der Waals surface area contributed by atoms with Crippen LogP contribution < -0.4 is 0 Å². The molecular formula is C14H18BrN3. The zero-order chi connectivity index (χ0) is 12.7. The number of fused-ring (bicyclic) bond motifs is 1. The van der Waals surface area contributed by atoms with Gasteiger partial charge in [0.05, 0.1) is 10.3 Å². The van der Waals surface area contributed by atoms with Gasteiger partial charge in [0.15, 0.2) is 0 Å². The average molecular weight is 308 g/mol. The fourth-order valence-electron chi connectivity index (χ4n) is 2.69. The van der Waals surface area contributed by atoms with Gasteiger partial charge in [0.1, 0.15) is 5.65 Å². The molecule has 2 aromatic heterocycles. The van der Waals surface area contributed by atoms with Crippen LogP contribution in [0.1, 0.15) is 31.9 Å². The van der Waals surface area contributed by atoms with Gasteiger partial charge in [-0.05, 0) is 54.9 Å². The molecule has 1 aliphatic rings. The van der Waals surface area contributed by atoms with Crippen molar-refractivity contribution in [2.75, 3.05) is 13.1 Å². The quantitative estimate of drug-likeness (QED) is 0.794. The highest BCUT2D eigenvalue weighted by atomic mass is 79.9. The summed E-state index contributed by atoms with van der Waals surface area (Å²) in [5.41, 5.74) is 2.26. The summed E-state index contributed by atoms with van der Waals surface area (Å²) in [6.45, 7) is 6.86. The van der Waals surface area contributed by atoms with Crippen molar-refractivity contribution in [3.05, 3.63) is 34.7 Å². The van der Waals surface area contributed by atoms with E-state index in [1.54, 1.807) is 0 Å². The maximum atomic E-state index is 4.76. The predicted molar refractivity (Wildman–Crippen MR) is 77.0 cm³/mol. The van der Waals surface area contributed by atoms with Gasteiger partial charge >= 0.3 is 0 Å². The van der Waals surface area contributed by atoms with Crippen molar-refractivity contribution >= 4 is 21.6 Å². The van der Waals surface area contributed by atoms with E-state index >= 15 is 0 Å².